The normalized spacial score (nSPS) is 20.7. The number of carboxylic acid groups (broad SMARTS) is 1. The number of carbonyl (C=O) groups excluding carboxylic acids is 1. The van der Waals surface area contributed by atoms with Gasteiger partial charge in [0, 0.05) is 18.0 Å². The molecular formula is C24H25Cl2NO3. The lowest BCUT2D eigenvalue weighted by Crippen LogP contribution is -2.30. The molecule has 1 saturated carbocycles. The van der Waals surface area contributed by atoms with Crippen molar-refractivity contribution in [3.63, 3.8) is 0 Å². The molecule has 1 heterocycles. The number of carbonyl (C=O) groups is 2. The second-order valence-corrected chi connectivity index (χ2v) is 9.10. The van der Waals surface area contributed by atoms with Gasteiger partial charge >= 0.3 is 5.97 Å². The maximum absolute atomic E-state index is 12.6. The lowest BCUT2D eigenvalue weighted by molar-refractivity contribution is -0.123. The molecule has 0 bridgehead atoms. The molecule has 2 N–H and O–H groups in total. The van der Waals surface area contributed by atoms with Crippen molar-refractivity contribution >= 4 is 35.1 Å². The Hall–Kier alpha value is -2.04. The van der Waals surface area contributed by atoms with E-state index >= 15 is 0 Å². The molecule has 2 aromatic carbocycles. The van der Waals surface area contributed by atoms with Crippen molar-refractivity contribution < 1.29 is 14.7 Å². The average molecular weight is 446 g/mol. The molecule has 4 rings (SSSR count). The van der Waals surface area contributed by atoms with Crippen molar-refractivity contribution in [3.8, 4) is 11.1 Å². The molecule has 1 aliphatic carbocycles. The van der Waals surface area contributed by atoms with E-state index in [1.54, 1.807) is 18.2 Å². The van der Waals surface area contributed by atoms with E-state index in [0.717, 1.165) is 37.7 Å². The zero-order valence-corrected chi connectivity index (χ0v) is 18.2. The predicted molar refractivity (Wildman–Crippen MR) is 119 cm³/mol. The summed E-state index contributed by atoms with van der Waals surface area (Å²) in [5.41, 5.74) is 2.42. The van der Waals surface area contributed by atoms with Gasteiger partial charge < -0.3 is 10.4 Å². The first kappa shape index (κ1) is 21.2. The summed E-state index contributed by atoms with van der Waals surface area (Å²) < 4.78 is 0. The minimum absolute atomic E-state index is 0.0453. The molecule has 2 aromatic rings. The van der Waals surface area contributed by atoms with Crippen LogP contribution >= 0.6 is 23.2 Å². The van der Waals surface area contributed by atoms with E-state index in [-0.39, 0.29) is 23.3 Å². The Bertz CT molecular complexity index is 969. The zero-order valence-electron chi connectivity index (χ0n) is 16.7. The summed E-state index contributed by atoms with van der Waals surface area (Å²) in [6.45, 7) is 0.658. The SMILES string of the molecule is O=C(O)c1cc(-c2cccc(Cl)c2Cl)ccc1C(C1CCCCC1)C1CCNC1=O. The Balaban J connectivity index is 1.81. The molecule has 2 atom stereocenters. The van der Waals surface area contributed by atoms with Crippen LogP contribution in [0.2, 0.25) is 10.0 Å². The number of hydrogen-bond acceptors (Lipinski definition) is 2. The molecule has 1 aliphatic heterocycles. The minimum Gasteiger partial charge on any atom is -0.478 e. The average Bonchev–Trinajstić information content (AvgIpc) is 3.17. The lowest BCUT2D eigenvalue weighted by Gasteiger charge is -2.34. The highest BCUT2D eigenvalue weighted by Gasteiger charge is 2.40. The van der Waals surface area contributed by atoms with Crippen LogP contribution < -0.4 is 5.32 Å². The molecule has 2 unspecified atom stereocenters. The maximum Gasteiger partial charge on any atom is 0.335 e. The maximum atomic E-state index is 12.6. The van der Waals surface area contributed by atoms with Crippen LogP contribution in [0.1, 0.15) is 60.4 Å². The van der Waals surface area contributed by atoms with E-state index in [1.807, 2.05) is 18.2 Å². The summed E-state index contributed by atoms with van der Waals surface area (Å²) in [4.78, 5) is 24.9. The van der Waals surface area contributed by atoms with Gasteiger partial charge in [-0.05, 0) is 54.4 Å². The number of aromatic carboxylic acids is 1. The van der Waals surface area contributed by atoms with E-state index in [2.05, 4.69) is 5.32 Å². The first-order valence-electron chi connectivity index (χ1n) is 10.6. The second kappa shape index (κ2) is 8.99. The quantitative estimate of drug-likeness (QED) is 0.578. The van der Waals surface area contributed by atoms with Gasteiger partial charge in [-0.25, -0.2) is 4.79 Å². The molecule has 2 fully saturated rings. The summed E-state index contributed by atoms with van der Waals surface area (Å²) in [6, 6.07) is 10.8. The molecule has 2 aliphatic rings. The van der Waals surface area contributed by atoms with Crippen molar-refractivity contribution in [2.75, 3.05) is 6.54 Å². The molecule has 158 valence electrons. The number of amides is 1. The van der Waals surface area contributed by atoms with Crippen molar-refractivity contribution in [1.82, 2.24) is 5.32 Å². The van der Waals surface area contributed by atoms with Gasteiger partial charge in [0.15, 0.2) is 0 Å². The molecule has 1 saturated heterocycles. The fourth-order valence-corrected chi connectivity index (χ4v) is 5.58. The summed E-state index contributed by atoms with van der Waals surface area (Å²) in [5.74, 6) is -0.867. The van der Waals surface area contributed by atoms with Gasteiger partial charge in [0.2, 0.25) is 5.91 Å². The van der Waals surface area contributed by atoms with Crippen molar-refractivity contribution in [3.05, 3.63) is 57.6 Å². The monoisotopic (exact) mass is 445 g/mol. The van der Waals surface area contributed by atoms with E-state index in [4.69, 9.17) is 23.2 Å². The topological polar surface area (TPSA) is 66.4 Å². The lowest BCUT2D eigenvalue weighted by atomic mass is 9.69. The van der Waals surface area contributed by atoms with Gasteiger partial charge in [-0.2, -0.15) is 0 Å². The fourth-order valence-electron chi connectivity index (χ4n) is 5.17. The largest absolute Gasteiger partial charge is 0.478 e. The molecule has 0 radical (unpaired) electrons. The number of nitrogens with one attached hydrogen (secondary N) is 1. The number of carboxylic acids is 1. The predicted octanol–water partition coefficient (Wildman–Crippen LogP) is 6.16. The smallest absolute Gasteiger partial charge is 0.335 e. The van der Waals surface area contributed by atoms with Gasteiger partial charge in [0.1, 0.15) is 0 Å². The Labute approximate surface area is 186 Å². The van der Waals surface area contributed by atoms with Crippen molar-refractivity contribution in [2.45, 2.75) is 44.4 Å². The van der Waals surface area contributed by atoms with Crippen LogP contribution in [0.3, 0.4) is 0 Å². The molecule has 0 aromatic heterocycles. The van der Waals surface area contributed by atoms with Crippen LogP contribution in [0.15, 0.2) is 36.4 Å². The van der Waals surface area contributed by atoms with Crippen LogP contribution in [0.25, 0.3) is 11.1 Å². The summed E-state index contributed by atoms with van der Waals surface area (Å²) in [7, 11) is 0. The second-order valence-electron chi connectivity index (χ2n) is 8.32. The summed E-state index contributed by atoms with van der Waals surface area (Å²) in [5, 5.41) is 13.8. The van der Waals surface area contributed by atoms with Crippen LogP contribution in [-0.4, -0.2) is 23.5 Å². The molecule has 0 spiro atoms. The van der Waals surface area contributed by atoms with E-state index < -0.39 is 5.97 Å². The number of halogens is 2. The molecule has 4 nitrogen and oxygen atoms in total. The van der Waals surface area contributed by atoms with Crippen LogP contribution in [-0.2, 0) is 4.79 Å². The summed E-state index contributed by atoms with van der Waals surface area (Å²) >= 11 is 12.5. The van der Waals surface area contributed by atoms with E-state index in [1.165, 1.54) is 6.42 Å². The zero-order chi connectivity index (χ0) is 21.3. The third-order valence-corrected chi connectivity index (χ3v) is 7.41. The standard InChI is InChI=1S/C24H25Cl2NO3/c25-20-8-4-7-16(22(20)26)15-9-10-17(19(13-15)24(29)30)21(14-5-2-1-3-6-14)18-11-12-27-23(18)28/h4,7-10,13-14,18,21H,1-3,5-6,11-12H2,(H,27,28)(H,29,30). The van der Waals surface area contributed by atoms with Gasteiger partial charge in [0.25, 0.3) is 0 Å². The Kier molecular flexibility index (Phi) is 6.35. The number of rotatable bonds is 5. The third-order valence-electron chi connectivity index (χ3n) is 6.59. The summed E-state index contributed by atoms with van der Waals surface area (Å²) in [6.07, 6.45) is 6.30. The van der Waals surface area contributed by atoms with Crippen molar-refractivity contribution in [2.24, 2.45) is 11.8 Å². The van der Waals surface area contributed by atoms with Gasteiger partial charge in [-0.1, -0.05) is 66.7 Å². The molecular weight excluding hydrogens is 421 g/mol. The Morgan fingerprint density at radius 2 is 1.83 bits per heavy atom. The van der Waals surface area contributed by atoms with Gasteiger partial charge in [0.05, 0.1) is 15.6 Å². The Morgan fingerprint density at radius 1 is 1.07 bits per heavy atom. The first-order valence-corrected chi connectivity index (χ1v) is 11.3. The molecule has 30 heavy (non-hydrogen) atoms. The third kappa shape index (κ3) is 4.08. The van der Waals surface area contributed by atoms with E-state index in [0.29, 0.717) is 33.6 Å². The van der Waals surface area contributed by atoms with Crippen molar-refractivity contribution in [1.29, 1.82) is 0 Å². The van der Waals surface area contributed by atoms with Crippen LogP contribution in [0.5, 0.6) is 0 Å². The van der Waals surface area contributed by atoms with E-state index in [9.17, 15) is 14.7 Å². The fraction of sp³-hybridized carbons (Fsp3) is 0.417. The van der Waals surface area contributed by atoms with Gasteiger partial charge in [-0.3, -0.25) is 4.79 Å². The van der Waals surface area contributed by atoms with Crippen LogP contribution in [0, 0.1) is 11.8 Å². The molecule has 6 heteroatoms. The first-order chi connectivity index (χ1) is 14.5. The highest BCUT2D eigenvalue weighted by atomic mass is 35.5. The number of benzene rings is 2. The van der Waals surface area contributed by atoms with Crippen LogP contribution in [0.4, 0.5) is 0 Å². The molecule has 1 amide bonds. The minimum atomic E-state index is -0.982. The Morgan fingerprint density at radius 3 is 2.50 bits per heavy atom. The highest BCUT2D eigenvalue weighted by molar-refractivity contribution is 6.43. The van der Waals surface area contributed by atoms with Gasteiger partial charge in [-0.15, -0.1) is 0 Å². The number of hydrogen-bond donors (Lipinski definition) is 2. The highest BCUT2D eigenvalue weighted by Crippen LogP contribution is 2.45.